The van der Waals surface area contributed by atoms with Crippen molar-refractivity contribution in [2.45, 2.75) is 19.2 Å². The lowest BCUT2D eigenvalue weighted by Crippen LogP contribution is -1.96. The number of alkyl halides is 1. The number of nitrogens with zero attached hydrogens (tertiary/aromatic N) is 1. The molecule has 0 unspecified atom stereocenters. The van der Waals surface area contributed by atoms with Crippen LogP contribution in [0.15, 0.2) is 12.1 Å². The number of hydrogen-bond acceptors (Lipinski definition) is 2. The summed E-state index contributed by atoms with van der Waals surface area (Å²) in [4.78, 5) is 4.27. The first-order valence-electron chi connectivity index (χ1n) is 3.90. The van der Waals surface area contributed by atoms with Gasteiger partial charge in [-0.05, 0) is 12.0 Å². The van der Waals surface area contributed by atoms with Gasteiger partial charge in [0.2, 0.25) is 5.88 Å². The minimum Gasteiger partial charge on any atom is -0.481 e. The fraction of sp³-hybridized carbons (Fsp3) is 0.444. The lowest BCUT2D eigenvalue weighted by molar-refractivity contribution is 0.396. The third-order valence-corrected chi connectivity index (χ3v) is 2.02. The number of aryl methyl sites for hydroxylation is 1. The molecule has 2 nitrogen and oxygen atoms in total. The zero-order valence-corrected chi connectivity index (χ0v) is 8.06. The van der Waals surface area contributed by atoms with E-state index in [0.29, 0.717) is 11.8 Å². The highest BCUT2D eigenvalue weighted by Gasteiger charge is 2.02. The maximum atomic E-state index is 5.73. The molecule has 0 fully saturated rings. The van der Waals surface area contributed by atoms with Gasteiger partial charge in [-0.25, -0.2) is 4.98 Å². The Balaban J connectivity index is 3.02. The first kappa shape index (κ1) is 9.33. The van der Waals surface area contributed by atoms with Crippen LogP contribution >= 0.6 is 11.6 Å². The Morgan fingerprint density at radius 2 is 2.25 bits per heavy atom. The number of pyridine rings is 1. The lowest BCUT2D eigenvalue weighted by Gasteiger charge is -2.05. The Morgan fingerprint density at radius 3 is 2.75 bits per heavy atom. The number of rotatable bonds is 3. The van der Waals surface area contributed by atoms with Crippen molar-refractivity contribution >= 4 is 11.6 Å². The van der Waals surface area contributed by atoms with Gasteiger partial charge < -0.3 is 4.74 Å². The van der Waals surface area contributed by atoms with Crippen LogP contribution in [0.25, 0.3) is 0 Å². The van der Waals surface area contributed by atoms with Crippen molar-refractivity contribution in [1.82, 2.24) is 4.98 Å². The summed E-state index contributed by atoms with van der Waals surface area (Å²) in [6.45, 7) is 2.05. The standard InChI is InChI=1S/C9H12ClNO/c1-3-8-7(6-10)4-5-9(11-8)12-2/h4-5H,3,6H2,1-2H3. The molecule has 0 spiro atoms. The van der Waals surface area contributed by atoms with E-state index in [1.54, 1.807) is 7.11 Å². The highest BCUT2D eigenvalue weighted by Crippen LogP contribution is 2.14. The van der Waals surface area contributed by atoms with Crippen molar-refractivity contribution in [3.8, 4) is 5.88 Å². The second-order valence-electron chi connectivity index (χ2n) is 2.45. The summed E-state index contributed by atoms with van der Waals surface area (Å²) in [5.41, 5.74) is 2.10. The van der Waals surface area contributed by atoms with E-state index in [2.05, 4.69) is 11.9 Å². The van der Waals surface area contributed by atoms with Gasteiger partial charge in [-0.15, -0.1) is 11.6 Å². The Kier molecular flexibility index (Phi) is 3.35. The van der Waals surface area contributed by atoms with Gasteiger partial charge in [0.25, 0.3) is 0 Å². The number of methoxy groups -OCH3 is 1. The molecule has 0 aromatic carbocycles. The van der Waals surface area contributed by atoms with Crippen molar-refractivity contribution in [2.75, 3.05) is 7.11 Å². The van der Waals surface area contributed by atoms with Gasteiger partial charge in [-0.2, -0.15) is 0 Å². The third kappa shape index (κ3) is 1.89. The molecule has 0 saturated heterocycles. The van der Waals surface area contributed by atoms with E-state index in [9.17, 15) is 0 Å². The summed E-state index contributed by atoms with van der Waals surface area (Å²) in [5.74, 6) is 1.17. The van der Waals surface area contributed by atoms with E-state index < -0.39 is 0 Å². The third-order valence-electron chi connectivity index (χ3n) is 1.73. The highest BCUT2D eigenvalue weighted by atomic mass is 35.5. The molecule has 12 heavy (non-hydrogen) atoms. The SMILES string of the molecule is CCc1nc(OC)ccc1CCl. The molecule has 0 radical (unpaired) electrons. The van der Waals surface area contributed by atoms with E-state index >= 15 is 0 Å². The summed E-state index contributed by atoms with van der Waals surface area (Å²) in [6.07, 6.45) is 0.888. The van der Waals surface area contributed by atoms with Crippen LogP contribution in [0.4, 0.5) is 0 Å². The molecule has 1 aromatic heterocycles. The summed E-state index contributed by atoms with van der Waals surface area (Å²) in [5, 5.41) is 0. The fourth-order valence-corrected chi connectivity index (χ4v) is 1.29. The molecule has 1 aromatic rings. The van der Waals surface area contributed by atoms with Crippen LogP contribution in [0.3, 0.4) is 0 Å². The van der Waals surface area contributed by atoms with Gasteiger partial charge in [-0.1, -0.05) is 13.0 Å². The van der Waals surface area contributed by atoms with Crippen LogP contribution in [0.5, 0.6) is 5.88 Å². The number of ether oxygens (including phenoxy) is 1. The minimum absolute atomic E-state index is 0.514. The molecule has 0 aliphatic rings. The van der Waals surface area contributed by atoms with Crippen LogP contribution in [-0.4, -0.2) is 12.1 Å². The van der Waals surface area contributed by atoms with E-state index in [-0.39, 0.29) is 0 Å². The predicted molar refractivity (Wildman–Crippen MR) is 49.7 cm³/mol. The quantitative estimate of drug-likeness (QED) is 0.675. The fourth-order valence-electron chi connectivity index (χ4n) is 1.05. The van der Waals surface area contributed by atoms with Crippen LogP contribution in [0.1, 0.15) is 18.2 Å². The number of hydrogen-bond donors (Lipinski definition) is 0. The smallest absolute Gasteiger partial charge is 0.213 e. The molecule has 66 valence electrons. The Morgan fingerprint density at radius 1 is 1.50 bits per heavy atom. The minimum atomic E-state index is 0.514. The van der Waals surface area contributed by atoms with Crippen LogP contribution in [0.2, 0.25) is 0 Å². The normalized spacial score (nSPS) is 9.92. The molecular weight excluding hydrogens is 174 g/mol. The van der Waals surface area contributed by atoms with Crippen LogP contribution in [0, 0.1) is 0 Å². The first-order valence-corrected chi connectivity index (χ1v) is 4.44. The van der Waals surface area contributed by atoms with E-state index in [1.165, 1.54) is 0 Å². The average Bonchev–Trinajstić information content (AvgIpc) is 2.16. The van der Waals surface area contributed by atoms with E-state index in [4.69, 9.17) is 16.3 Å². The molecule has 0 amide bonds. The zero-order valence-electron chi connectivity index (χ0n) is 7.30. The lowest BCUT2D eigenvalue weighted by atomic mass is 10.2. The highest BCUT2D eigenvalue weighted by molar-refractivity contribution is 6.17. The van der Waals surface area contributed by atoms with E-state index in [1.807, 2.05) is 12.1 Å². The topological polar surface area (TPSA) is 22.1 Å². The first-order chi connectivity index (χ1) is 5.81. The maximum absolute atomic E-state index is 5.73. The second kappa shape index (κ2) is 4.31. The van der Waals surface area contributed by atoms with Crippen molar-refractivity contribution in [3.63, 3.8) is 0 Å². The molecule has 0 bridgehead atoms. The van der Waals surface area contributed by atoms with Crippen molar-refractivity contribution in [2.24, 2.45) is 0 Å². The Labute approximate surface area is 77.5 Å². The largest absolute Gasteiger partial charge is 0.481 e. The van der Waals surface area contributed by atoms with Gasteiger partial charge in [0.1, 0.15) is 0 Å². The number of aromatic nitrogens is 1. The summed E-state index contributed by atoms with van der Waals surface area (Å²) >= 11 is 5.73. The molecular formula is C9H12ClNO. The van der Waals surface area contributed by atoms with Crippen LogP contribution < -0.4 is 4.74 Å². The Hall–Kier alpha value is -0.760. The number of halogens is 1. The van der Waals surface area contributed by atoms with Gasteiger partial charge in [0.05, 0.1) is 7.11 Å². The Bertz CT molecular complexity index is 263. The second-order valence-corrected chi connectivity index (χ2v) is 2.71. The summed E-state index contributed by atoms with van der Waals surface area (Å²) < 4.78 is 5.00. The molecule has 0 atom stereocenters. The molecule has 0 aliphatic carbocycles. The van der Waals surface area contributed by atoms with E-state index in [0.717, 1.165) is 17.7 Å². The average molecular weight is 186 g/mol. The molecule has 0 saturated carbocycles. The maximum Gasteiger partial charge on any atom is 0.213 e. The van der Waals surface area contributed by atoms with Crippen LogP contribution in [-0.2, 0) is 12.3 Å². The van der Waals surface area contributed by atoms with Crippen molar-refractivity contribution in [1.29, 1.82) is 0 Å². The molecule has 0 N–H and O–H groups in total. The predicted octanol–water partition coefficient (Wildman–Crippen LogP) is 2.39. The van der Waals surface area contributed by atoms with Gasteiger partial charge in [0.15, 0.2) is 0 Å². The molecule has 1 rings (SSSR count). The summed E-state index contributed by atoms with van der Waals surface area (Å²) in [6, 6.07) is 3.79. The van der Waals surface area contributed by atoms with Gasteiger partial charge >= 0.3 is 0 Å². The van der Waals surface area contributed by atoms with Crippen molar-refractivity contribution < 1.29 is 4.74 Å². The monoisotopic (exact) mass is 185 g/mol. The summed E-state index contributed by atoms with van der Waals surface area (Å²) in [7, 11) is 1.61. The molecule has 0 aliphatic heterocycles. The molecule has 3 heteroatoms. The van der Waals surface area contributed by atoms with Gasteiger partial charge in [0, 0.05) is 17.6 Å². The molecule has 1 heterocycles. The zero-order chi connectivity index (χ0) is 8.97. The van der Waals surface area contributed by atoms with Crippen molar-refractivity contribution in [3.05, 3.63) is 23.4 Å². The van der Waals surface area contributed by atoms with Gasteiger partial charge in [-0.3, -0.25) is 0 Å².